The van der Waals surface area contributed by atoms with Gasteiger partial charge in [0.05, 0.1) is 25.3 Å². The summed E-state index contributed by atoms with van der Waals surface area (Å²) in [6, 6.07) is 7.53. The van der Waals surface area contributed by atoms with Crippen LogP contribution in [0.1, 0.15) is 57.4 Å². The van der Waals surface area contributed by atoms with Gasteiger partial charge in [-0.25, -0.2) is 32.6 Å². The molecule has 75 heavy (non-hydrogen) atoms. The smallest absolute Gasteiger partial charge is 0.452 e. The number of alkyl carbamates (subject to hydrolysis) is 1. The number of carbonyl (C=O) groups is 2. The van der Waals surface area contributed by atoms with Gasteiger partial charge in [0, 0.05) is 55.4 Å². The van der Waals surface area contributed by atoms with Gasteiger partial charge in [-0.15, -0.1) is 0 Å². The molecule has 6 atom stereocenters. The van der Waals surface area contributed by atoms with Crippen LogP contribution in [0.4, 0.5) is 22.1 Å². The maximum Gasteiger partial charge on any atom is 0.490 e. The number of anilines is 2. The quantitative estimate of drug-likeness (QED) is 0.0222. The van der Waals surface area contributed by atoms with E-state index in [1.165, 1.54) is 17.9 Å². The van der Waals surface area contributed by atoms with Crippen molar-refractivity contribution in [3.63, 3.8) is 0 Å². The molecule has 0 aliphatic carbocycles. The molecule has 30 nitrogen and oxygen atoms in total. The highest BCUT2D eigenvalue weighted by atomic mass is 32.2. The molecule has 34 heteroatoms. The van der Waals surface area contributed by atoms with Crippen LogP contribution in [0.25, 0.3) is 16.7 Å². The Bertz CT molecular complexity index is 3460. The number of rotatable bonds is 19. The molecule has 0 bridgehead atoms. The summed E-state index contributed by atoms with van der Waals surface area (Å²) >= 11 is 0. The number of ether oxygens (including phenoxy) is 3. The summed E-state index contributed by atoms with van der Waals surface area (Å²) in [5.74, 6) is -0.372. The van der Waals surface area contributed by atoms with Crippen molar-refractivity contribution in [2.75, 3.05) is 55.7 Å². The lowest BCUT2D eigenvalue weighted by atomic mass is 9.88. The number of aryl methyl sites for hydroxylation is 2. The van der Waals surface area contributed by atoms with Crippen LogP contribution in [0.3, 0.4) is 0 Å². The number of aromatic amines is 1. The molecule has 0 saturated carbocycles. The van der Waals surface area contributed by atoms with Crippen LogP contribution in [-0.4, -0.2) is 133 Å². The molecule has 408 valence electrons. The molecular weight excluding hydrogens is 1080 g/mol. The Morgan fingerprint density at radius 2 is 1.79 bits per heavy atom. The highest BCUT2D eigenvalue weighted by molar-refractivity contribution is 7.86. The third-order valence-electron chi connectivity index (χ3n) is 12.4. The molecule has 8 rings (SSSR count). The Kier molecular flexibility index (Phi) is 15.7. The molecule has 11 N–H and O–H groups in total. The molecule has 0 radical (unpaired) electrons. The second kappa shape index (κ2) is 21.1. The number of H-pyrrole nitrogens is 1. The van der Waals surface area contributed by atoms with E-state index in [2.05, 4.69) is 40.7 Å². The largest absolute Gasteiger partial charge is 0.490 e. The third kappa shape index (κ3) is 12.9. The predicted octanol–water partition coefficient (Wildman–Crippen LogP) is -0.192. The van der Waals surface area contributed by atoms with Gasteiger partial charge >= 0.3 is 35.2 Å². The van der Waals surface area contributed by atoms with E-state index in [0.717, 1.165) is 41.4 Å². The van der Waals surface area contributed by atoms with Crippen molar-refractivity contribution in [1.82, 2.24) is 29.7 Å². The monoisotopic (exact) mass is 1130 g/mol. The average Bonchev–Trinajstić information content (AvgIpc) is 3.78. The van der Waals surface area contributed by atoms with Gasteiger partial charge in [-0.2, -0.15) is 17.0 Å². The van der Waals surface area contributed by atoms with Crippen LogP contribution in [0.5, 0.6) is 11.5 Å². The van der Waals surface area contributed by atoms with Gasteiger partial charge in [-0.1, -0.05) is 11.1 Å². The number of hydrogen-bond acceptors (Lipinski definition) is 19. The van der Waals surface area contributed by atoms with Gasteiger partial charge < -0.3 is 60.2 Å². The van der Waals surface area contributed by atoms with E-state index in [-0.39, 0.29) is 36.6 Å². The summed E-state index contributed by atoms with van der Waals surface area (Å²) < 4.78 is 105. The molecule has 4 aliphatic rings. The maximum absolute atomic E-state index is 13.1. The summed E-state index contributed by atoms with van der Waals surface area (Å²) in [5, 5.41) is 18.2. The lowest BCUT2D eigenvalue weighted by molar-refractivity contribution is -0.745. The summed E-state index contributed by atoms with van der Waals surface area (Å²) in [5.41, 5.74) is 7.19. The lowest BCUT2D eigenvalue weighted by Gasteiger charge is -2.44. The number of amides is 2. The molecule has 2 aromatic carbocycles. The molecule has 0 spiro atoms. The summed E-state index contributed by atoms with van der Waals surface area (Å²) in [6.07, 6.45) is -2.96. The van der Waals surface area contributed by atoms with Crippen molar-refractivity contribution < 1.29 is 92.9 Å². The Hall–Kier alpha value is -5.49. The van der Waals surface area contributed by atoms with E-state index in [1.807, 2.05) is 30.9 Å². The minimum atomic E-state index is -5.93. The number of nitrogens with zero attached hydrogens (tertiary/aromatic N) is 6. The minimum absolute atomic E-state index is 0.000375. The molecule has 6 heterocycles. The number of imidazole rings is 1. The first-order valence-corrected chi connectivity index (χ1v) is 29.2. The number of phosphoric acid groups is 3. The first-order valence-electron chi connectivity index (χ1n) is 23.0. The van der Waals surface area contributed by atoms with Gasteiger partial charge in [0.1, 0.15) is 36.0 Å². The number of nitrogen functional groups attached to an aromatic ring is 1. The van der Waals surface area contributed by atoms with Crippen LogP contribution in [0.15, 0.2) is 46.5 Å². The zero-order chi connectivity index (χ0) is 54.6. The van der Waals surface area contributed by atoms with E-state index in [0.29, 0.717) is 52.3 Å². The van der Waals surface area contributed by atoms with Crippen molar-refractivity contribution in [3.8, 4) is 11.5 Å². The van der Waals surface area contributed by atoms with E-state index in [9.17, 15) is 55.9 Å². The fourth-order valence-electron chi connectivity index (χ4n) is 9.42. The highest BCUT2D eigenvalue weighted by Gasteiger charge is 2.52. The summed E-state index contributed by atoms with van der Waals surface area (Å²) in [7, 11) is -20.4. The molecular formula is C41H55N10O20P3S+2. The first kappa shape index (κ1) is 55.7. The standard InChI is InChI=1S/C41H53N10O20P3S/c1-5-49-12-6-8-22-14-25-29(16-27(22)49)67-30-17-28-24(15-26(30)45-25)23(20-75(63,64)65)18-41(2,3)51(28)13-7-9-32(52)43-10-11-44-40(55)69-35-31(19-66-73(59,60)71-74(61,62)70-72(56,57)58)68-38(34(35)53)50-21-48(4)33-36(50)46-39(42)47-37(33)54/h14-18,21,31,34-35,38,53H,5-13,19-20H2,1-4H3,(H8-2,42,43,44,46,47,52,54,55,56,57,58,59,60,61,62,63,64,65)/p+2/t31-,34-,35-,38-/m1/s1. The molecule has 4 aromatic rings. The zero-order valence-electron chi connectivity index (χ0n) is 40.5. The highest BCUT2D eigenvalue weighted by Crippen LogP contribution is 2.66. The SMILES string of the molecule is CC[N+]1=c2cc3c(cc2CCC1)=Nc1cc2c(cc1O3)N(CCCC(=O)NCCNC(=O)O[C@H]1[C@@H](O)[C@H]([n+]3cn(C)c4c(=O)[nH]c(N)nc43)O[C@@H]1COP(=O)(O)OP(=O)(O)OP(=O)(O)O)C(C)(C)C=C2CS(=O)(=O)O. The van der Waals surface area contributed by atoms with E-state index in [4.69, 9.17) is 39.2 Å². The molecule has 2 amide bonds. The van der Waals surface area contributed by atoms with Crippen molar-refractivity contribution >= 4 is 79.6 Å². The summed E-state index contributed by atoms with van der Waals surface area (Å²) in [6.45, 7) is 6.35. The fraction of sp³-hybridized carbons (Fsp3) is 0.488. The first-order chi connectivity index (χ1) is 35.0. The molecule has 2 unspecified atom stereocenters. The van der Waals surface area contributed by atoms with Crippen LogP contribution in [-0.2, 0) is 64.7 Å². The summed E-state index contributed by atoms with van der Waals surface area (Å²) in [4.78, 5) is 89.7. The number of aliphatic hydroxyl groups is 1. The second-order valence-electron chi connectivity index (χ2n) is 18.3. The van der Waals surface area contributed by atoms with Crippen molar-refractivity contribution in [1.29, 1.82) is 0 Å². The van der Waals surface area contributed by atoms with Gasteiger partial charge in [0.25, 0.3) is 21.6 Å². The van der Waals surface area contributed by atoms with Crippen LogP contribution in [0, 0.1) is 0 Å². The number of phosphoric ester groups is 1. The maximum atomic E-state index is 13.1. The van der Waals surface area contributed by atoms with Crippen molar-refractivity contribution in [3.05, 3.63) is 68.9 Å². The van der Waals surface area contributed by atoms with Crippen LogP contribution >= 0.6 is 23.5 Å². The van der Waals surface area contributed by atoms with Gasteiger partial charge in [0.15, 0.2) is 30.0 Å². The Balaban J connectivity index is 0.905. The van der Waals surface area contributed by atoms with Crippen molar-refractivity contribution in [2.45, 2.75) is 76.5 Å². The third-order valence-corrected chi connectivity index (χ3v) is 16.9. The van der Waals surface area contributed by atoms with Gasteiger partial charge in [-0.3, -0.25) is 28.2 Å². The fourth-order valence-corrected chi connectivity index (χ4v) is 13.1. The number of fused-ring (bicyclic) bond motifs is 5. The molecule has 1 fully saturated rings. The van der Waals surface area contributed by atoms with Gasteiger partial charge in [-0.05, 0) is 51.3 Å². The van der Waals surface area contributed by atoms with Crippen molar-refractivity contribution in [2.24, 2.45) is 12.0 Å². The average molecular weight is 1130 g/mol. The number of nitrogens with one attached hydrogen (secondary N) is 3. The Labute approximate surface area is 425 Å². The minimum Gasteiger partial charge on any atom is -0.452 e. The van der Waals surface area contributed by atoms with E-state index < -0.39 is 93.6 Å². The Morgan fingerprint density at radius 1 is 1.05 bits per heavy atom. The number of nitrogens with two attached hydrogens (primary N) is 1. The van der Waals surface area contributed by atoms with Crippen LogP contribution in [0.2, 0.25) is 0 Å². The Morgan fingerprint density at radius 3 is 2.49 bits per heavy atom. The van der Waals surface area contributed by atoms with Gasteiger partial charge in [0.2, 0.25) is 23.0 Å². The lowest BCUT2D eigenvalue weighted by Crippen LogP contribution is -2.47. The number of carbonyl (C=O) groups excluding carboxylic acids is 2. The molecule has 4 aliphatic heterocycles. The number of aliphatic hydroxyl groups excluding tert-OH is 1. The number of benzene rings is 2. The van der Waals surface area contributed by atoms with E-state index in [1.54, 1.807) is 18.2 Å². The number of hydrogen-bond donors (Lipinski definition) is 10. The second-order valence-corrected chi connectivity index (χ2v) is 24.2. The predicted molar refractivity (Wildman–Crippen MR) is 260 cm³/mol. The zero-order valence-corrected chi connectivity index (χ0v) is 44.0. The molecule has 1 saturated heterocycles. The molecule has 2 aromatic heterocycles. The van der Waals surface area contributed by atoms with Crippen LogP contribution < -0.4 is 51.4 Å². The topological polar surface area (TPSA) is 420 Å². The normalized spacial score (nSPS) is 21.5. The van der Waals surface area contributed by atoms with E-state index >= 15 is 0 Å². The number of aromatic nitrogens is 4.